The van der Waals surface area contributed by atoms with E-state index in [0.29, 0.717) is 19.5 Å². The summed E-state index contributed by atoms with van der Waals surface area (Å²) in [5.41, 5.74) is 4.03. The van der Waals surface area contributed by atoms with Gasteiger partial charge in [-0.05, 0) is 36.0 Å². The van der Waals surface area contributed by atoms with Crippen molar-refractivity contribution in [2.24, 2.45) is 4.99 Å². The van der Waals surface area contributed by atoms with E-state index < -0.39 is 0 Å². The Morgan fingerprint density at radius 3 is 2.45 bits per heavy atom. The van der Waals surface area contributed by atoms with Crippen molar-refractivity contribution < 1.29 is 4.79 Å². The molecule has 1 aliphatic carbocycles. The molecule has 4 rings (SSSR count). The zero-order valence-corrected chi connectivity index (χ0v) is 20.6. The number of likely N-dealkylation sites (tertiary alicyclic amines) is 1. The Morgan fingerprint density at radius 1 is 1.03 bits per heavy atom. The molecule has 31 heavy (non-hydrogen) atoms. The minimum absolute atomic E-state index is 0. The molecule has 6 heteroatoms. The summed E-state index contributed by atoms with van der Waals surface area (Å²) in [6.45, 7) is 3.19. The van der Waals surface area contributed by atoms with Gasteiger partial charge in [0.05, 0.1) is 0 Å². The smallest absolute Gasteiger partial charge is 0.222 e. The average molecular weight is 532 g/mol. The molecule has 1 amide bonds. The van der Waals surface area contributed by atoms with Gasteiger partial charge in [0, 0.05) is 45.1 Å². The molecular formula is C25H33IN4O. The number of carbonyl (C=O) groups excluding carboxylic acids is 1. The van der Waals surface area contributed by atoms with Gasteiger partial charge in [-0.25, -0.2) is 0 Å². The van der Waals surface area contributed by atoms with Crippen molar-refractivity contribution >= 4 is 35.8 Å². The second kappa shape index (κ2) is 11.0. The van der Waals surface area contributed by atoms with Gasteiger partial charge in [-0.15, -0.1) is 24.0 Å². The first kappa shape index (κ1) is 23.6. The Kier molecular flexibility index (Phi) is 8.35. The number of hydrogen-bond donors (Lipinski definition) is 2. The zero-order valence-electron chi connectivity index (χ0n) is 18.3. The number of hydrogen-bond acceptors (Lipinski definition) is 2. The maximum absolute atomic E-state index is 11.9. The van der Waals surface area contributed by atoms with Gasteiger partial charge < -0.3 is 15.5 Å². The van der Waals surface area contributed by atoms with Crippen LogP contribution in [-0.4, -0.2) is 36.9 Å². The maximum atomic E-state index is 11.9. The molecule has 5 nitrogen and oxygen atoms in total. The molecule has 2 fully saturated rings. The lowest BCUT2D eigenvalue weighted by Gasteiger charge is -2.43. The van der Waals surface area contributed by atoms with Gasteiger partial charge in [0.15, 0.2) is 5.96 Å². The van der Waals surface area contributed by atoms with E-state index in [1.807, 2.05) is 11.9 Å². The van der Waals surface area contributed by atoms with Crippen molar-refractivity contribution in [1.29, 1.82) is 0 Å². The third-order valence-corrected chi connectivity index (χ3v) is 6.51. The minimum Gasteiger partial charge on any atom is -0.356 e. The first-order chi connectivity index (χ1) is 14.7. The molecule has 2 aromatic carbocycles. The Labute approximate surface area is 202 Å². The molecule has 166 valence electrons. The molecule has 2 aliphatic rings. The Balaban J connectivity index is 0.00000272. The van der Waals surface area contributed by atoms with Crippen LogP contribution in [0.1, 0.15) is 48.8 Å². The molecule has 1 saturated heterocycles. The Hall–Kier alpha value is -2.09. The normalized spacial score (nSPS) is 17.6. The van der Waals surface area contributed by atoms with Gasteiger partial charge in [0.25, 0.3) is 0 Å². The van der Waals surface area contributed by atoms with Crippen LogP contribution < -0.4 is 10.6 Å². The molecule has 2 N–H and O–H groups in total. The number of amides is 1. The number of rotatable bonds is 7. The summed E-state index contributed by atoms with van der Waals surface area (Å²) in [7, 11) is 1.82. The molecule has 1 saturated carbocycles. The highest BCUT2D eigenvalue weighted by atomic mass is 127. The van der Waals surface area contributed by atoms with Crippen LogP contribution >= 0.6 is 24.0 Å². The molecule has 0 aromatic heterocycles. The SMILES string of the molecule is CN=C(NCc1cccc(CN2CCCC2=O)c1)NCC1(c2ccccc2)CCC1.I. The third kappa shape index (κ3) is 5.79. The number of benzene rings is 2. The molecule has 0 unspecified atom stereocenters. The lowest BCUT2D eigenvalue weighted by atomic mass is 9.64. The maximum Gasteiger partial charge on any atom is 0.222 e. The highest BCUT2D eigenvalue weighted by molar-refractivity contribution is 14.0. The van der Waals surface area contributed by atoms with E-state index in [4.69, 9.17) is 0 Å². The number of halogens is 1. The number of carbonyl (C=O) groups is 1. The fourth-order valence-electron chi connectivity index (χ4n) is 4.55. The molecule has 1 heterocycles. The van der Waals surface area contributed by atoms with Crippen LogP contribution in [0.2, 0.25) is 0 Å². The van der Waals surface area contributed by atoms with E-state index in [1.54, 1.807) is 0 Å². The fraction of sp³-hybridized carbons (Fsp3) is 0.440. The summed E-state index contributed by atoms with van der Waals surface area (Å²) in [6, 6.07) is 19.3. The first-order valence-electron chi connectivity index (χ1n) is 11.0. The van der Waals surface area contributed by atoms with Gasteiger partial charge >= 0.3 is 0 Å². The average Bonchev–Trinajstić information content (AvgIpc) is 3.15. The molecule has 2 aromatic rings. The van der Waals surface area contributed by atoms with E-state index in [1.165, 1.54) is 36.0 Å². The largest absolute Gasteiger partial charge is 0.356 e. The lowest BCUT2D eigenvalue weighted by Crippen LogP contribution is -2.48. The monoisotopic (exact) mass is 532 g/mol. The van der Waals surface area contributed by atoms with E-state index in [9.17, 15) is 4.79 Å². The number of nitrogens with one attached hydrogen (secondary N) is 2. The quantitative estimate of drug-likeness (QED) is 0.319. The molecule has 0 bridgehead atoms. The molecule has 0 spiro atoms. The molecule has 0 atom stereocenters. The summed E-state index contributed by atoms with van der Waals surface area (Å²) in [5, 5.41) is 6.99. The first-order valence-corrected chi connectivity index (χ1v) is 11.0. The number of aliphatic imine (C=N–C) groups is 1. The Bertz CT molecular complexity index is 895. The standard InChI is InChI=1S/C25H32N4O.HI/c1-26-24(28-19-25(13-7-14-25)22-10-3-2-4-11-22)27-17-20-8-5-9-21(16-20)18-29-15-6-12-23(29)30;/h2-5,8-11,16H,6-7,12-15,17-19H2,1H3,(H2,26,27,28);1H. The fourth-order valence-corrected chi connectivity index (χ4v) is 4.55. The van der Waals surface area contributed by atoms with E-state index in [2.05, 4.69) is 70.2 Å². The van der Waals surface area contributed by atoms with Gasteiger partial charge in [0.2, 0.25) is 5.91 Å². The van der Waals surface area contributed by atoms with Crippen molar-refractivity contribution in [3.05, 3.63) is 71.3 Å². The van der Waals surface area contributed by atoms with Gasteiger partial charge in [-0.1, -0.05) is 61.0 Å². The lowest BCUT2D eigenvalue weighted by molar-refractivity contribution is -0.128. The minimum atomic E-state index is 0. The summed E-state index contributed by atoms with van der Waals surface area (Å²) in [6.07, 6.45) is 5.39. The second-order valence-electron chi connectivity index (χ2n) is 8.52. The zero-order chi connectivity index (χ0) is 20.8. The predicted octanol–water partition coefficient (Wildman–Crippen LogP) is 4.21. The van der Waals surface area contributed by atoms with Crippen molar-refractivity contribution in [2.45, 2.75) is 50.6 Å². The number of nitrogens with zero attached hydrogens (tertiary/aromatic N) is 2. The summed E-state index contributed by atoms with van der Waals surface area (Å²) in [4.78, 5) is 18.3. The van der Waals surface area contributed by atoms with Gasteiger partial charge in [-0.2, -0.15) is 0 Å². The van der Waals surface area contributed by atoms with Crippen LogP contribution in [-0.2, 0) is 23.3 Å². The van der Waals surface area contributed by atoms with Crippen molar-refractivity contribution in [1.82, 2.24) is 15.5 Å². The van der Waals surface area contributed by atoms with E-state index in [-0.39, 0.29) is 35.3 Å². The highest BCUT2D eigenvalue weighted by Crippen LogP contribution is 2.43. The van der Waals surface area contributed by atoms with Crippen molar-refractivity contribution in [3.63, 3.8) is 0 Å². The van der Waals surface area contributed by atoms with E-state index in [0.717, 1.165) is 25.5 Å². The van der Waals surface area contributed by atoms with Crippen molar-refractivity contribution in [3.8, 4) is 0 Å². The van der Waals surface area contributed by atoms with Gasteiger partial charge in [-0.3, -0.25) is 9.79 Å². The van der Waals surface area contributed by atoms with Crippen molar-refractivity contribution in [2.75, 3.05) is 20.1 Å². The van der Waals surface area contributed by atoms with Crippen LogP contribution in [0.15, 0.2) is 59.6 Å². The third-order valence-electron chi connectivity index (χ3n) is 6.51. The summed E-state index contributed by atoms with van der Waals surface area (Å²) in [5.74, 6) is 1.10. The highest BCUT2D eigenvalue weighted by Gasteiger charge is 2.38. The molecule has 0 radical (unpaired) electrons. The van der Waals surface area contributed by atoms with E-state index >= 15 is 0 Å². The van der Waals surface area contributed by atoms with Crippen LogP contribution in [0, 0.1) is 0 Å². The molecule has 1 aliphatic heterocycles. The molecular weight excluding hydrogens is 499 g/mol. The predicted molar refractivity (Wildman–Crippen MR) is 137 cm³/mol. The Morgan fingerprint density at radius 2 is 1.81 bits per heavy atom. The summed E-state index contributed by atoms with van der Waals surface area (Å²) >= 11 is 0. The second-order valence-corrected chi connectivity index (χ2v) is 8.52. The van der Waals surface area contributed by atoms with Crippen LogP contribution in [0.5, 0.6) is 0 Å². The topological polar surface area (TPSA) is 56.7 Å². The van der Waals surface area contributed by atoms with Crippen LogP contribution in [0.4, 0.5) is 0 Å². The summed E-state index contributed by atoms with van der Waals surface area (Å²) < 4.78 is 0. The van der Waals surface area contributed by atoms with Crippen LogP contribution in [0.3, 0.4) is 0 Å². The number of guanidine groups is 1. The van der Waals surface area contributed by atoms with Gasteiger partial charge in [0.1, 0.15) is 0 Å². The van der Waals surface area contributed by atoms with Crippen LogP contribution in [0.25, 0.3) is 0 Å².